The van der Waals surface area contributed by atoms with Crippen molar-refractivity contribution in [3.63, 3.8) is 0 Å². The molecule has 0 aromatic heterocycles. The van der Waals surface area contributed by atoms with Gasteiger partial charge in [0.25, 0.3) is 0 Å². The molecule has 0 unspecified atom stereocenters. The van der Waals surface area contributed by atoms with E-state index in [0.717, 1.165) is 18.2 Å². The second kappa shape index (κ2) is 8.38. The van der Waals surface area contributed by atoms with E-state index in [1.807, 2.05) is 20.8 Å². The standard InChI is InChI=1S/C23H22Cl2F2N2O2/c1-22(2,3)10-18-23(11-28,16-5-4-13(24)9-17(16)27)19(20(29-18)21(30)31)12-6-14(25)8-15(26)7-12/h4-9,18-20,29H,10H2,1-3H3,(H,30,31)/t18-,19-,20+,23-/m0/s1. The third-order valence-corrected chi connectivity index (χ3v) is 6.10. The van der Waals surface area contributed by atoms with E-state index in [1.165, 1.54) is 18.2 Å². The molecule has 0 aliphatic carbocycles. The highest BCUT2D eigenvalue weighted by atomic mass is 35.5. The molecule has 1 heterocycles. The molecule has 1 aliphatic heterocycles. The largest absolute Gasteiger partial charge is 0.480 e. The van der Waals surface area contributed by atoms with Gasteiger partial charge in [-0.25, -0.2) is 8.78 Å². The molecule has 0 spiro atoms. The lowest BCUT2D eigenvalue weighted by atomic mass is 9.63. The van der Waals surface area contributed by atoms with E-state index in [2.05, 4.69) is 11.4 Å². The molecule has 4 nitrogen and oxygen atoms in total. The van der Waals surface area contributed by atoms with Crippen LogP contribution in [0.5, 0.6) is 0 Å². The molecule has 31 heavy (non-hydrogen) atoms. The second-order valence-electron chi connectivity index (χ2n) is 9.09. The fourth-order valence-corrected chi connectivity index (χ4v) is 4.96. The van der Waals surface area contributed by atoms with Crippen molar-refractivity contribution in [2.75, 3.05) is 0 Å². The van der Waals surface area contributed by atoms with Gasteiger partial charge in [0, 0.05) is 27.6 Å². The van der Waals surface area contributed by atoms with Crippen LogP contribution in [0.15, 0.2) is 36.4 Å². The normalized spacial score (nSPS) is 25.9. The molecule has 8 heteroatoms. The molecule has 0 amide bonds. The summed E-state index contributed by atoms with van der Waals surface area (Å²) >= 11 is 12.0. The molecule has 1 aliphatic rings. The fourth-order valence-electron chi connectivity index (χ4n) is 4.57. The Balaban J connectivity index is 2.36. The van der Waals surface area contributed by atoms with Gasteiger partial charge in [0.1, 0.15) is 23.1 Å². The Morgan fingerprint density at radius 2 is 1.87 bits per heavy atom. The average Bonchev–Trinajstić information content (AvgIpc) is 2.94. The van der Waals surface area contributed by atoms with Crippen molar-refractivity contribution in [2.45, 2.75) is 50.6 Å². The topological polar surface area (TPSA) is 73.1 Å². The second-order valence-corrected chi connectivity index (χ2v) is 9.96. The van der Waals surface area contributed by atoms with Crippen LogP contribution < -0.4 is 5.32 Å². The van der Waals surface area contributed by atoms with Crippen LogP contribution in [0.3, 0.4) is 0 Å². The lowest BCUT2D eigenvalue weighted by Gasteiger charge is -2.37. The highest BCUT2D eigenvalue weighted by Gasteiger charge is 2.60. The molecule has 164 valence electrons. The molecule has 0 radical (unpaired) electrons. The van der Waals surface area contributed by atoms with Crippen molar-refractivity contribution in [3.05, 3.63) is 69.2 Å². The van der Waals surface area contributed by atoms with Crippen molar-refractivity contribution in [1.29, 1.82) is 5.26 Å². The molecular formula is C23H22Cl2F2N2O2. The number of nitrogens with zero attached hydrogens (tertiary/aromatic N) is 1. The molecule has 2 N–H and O–H groups in total. The van der Waals surface area contributed by atoms with Crippen LogP contribution in [-0.2, 0) is 10.2 Å². The number of carbonyl (C=O) groups is 1. The summed E-state index contributed by atoms with van der Waals surface area (Å²) < 4.78 is 29.4. The summed E-state index contributed by atoms with van der Waals surface area (Å²) in [5.41, 5.74) is -1.75. The zero-order valence-corrected chi connectivity index (χ0v) is 18.7. The van der Waals surface area contributed by atoms with E-state index in [-0.39, 0.29) is 26.6 Å². The number of halogens is 4. The van der Waals surface area contributed by atoms with E-state index in [4.69, 9.17) is 23.2 Å². The molecule has 0 bridgehead atoms. The summed E-state index contributed by atoms with van der Waals surface area (Å²) in [6.07, 6.45) is 0.367. The first-order chi connectivity index (χ1) is 14.4. The number of aliphatic carboxylic acids is 1. The summed E-state index contributed by atoms with van der Waals surface area (Å²) in [4.78, 5) is 12.2. The number of nitriles is 1. The molecule has 2 aromatic carbocycles. The lowest BCUT2D eigenvalue weighted by molar-refractivity contribution is -0.139. The number of nitrogens with one attached hydrogen (secondary N) is 1. The Morgan fingerprint density at radius 1 is 1.19 bits per heavy atom. The van der Waals surface area contributed by atoms with Crippen LogP contribution >= 0.6 is 23.2 Å². The number of carboxylic acid groups (broad SMARTS) is 1. The van der Waals surface area contributed by atoms with Crippen molar-refractivity contribution < 1.29 is 18.7 Å². The summed E-state index contributed by atoms with van der Waals surface area (Å²) in [6.45, 7) is 5.82. The first-order valence-electron chi connectivity index (χ1n) is 9.70. The number of benzene rings is 2. The third-order valence-electron chi connectivity index (χ3n) is 5.64. The van der Waals surface area contributed by atoms with Gasteiger partial charge in [-0.2, -0.15) is 5.26 Å². The van der Waals surface area contributed by atoms with Gasteiger partial charge in [-0.15, -0.1) is 0 Å². The maximum absolute atomic E-state index is 15.2. The molecule has 1 saturated heterocycles. The van der Waals surface area contributed by atoms with Gasteiger partial charge in [-0.05, 0) is 47.7 Å². The molecular weight excluding hydrogens is 445 g/mol. The summed E-state index contributed by atoms with van der Waals surface area (Å²) in [6, 6.07) is 7.83. The van der Waals surface area contributed by atoms with Gasteiger partial charge in [0.2, 0.25) is 0 Å². The van der Waals surface area contributed by atoms with Crippen LogP contribution in [0.1, 0.15) is 44.2 Å². The average molecular weight is 467 g/mol. The number of hydrogen-bond donors (Lipinski definition) is 2. The van der Waals surface area contributed by atoms with E-state index >= 15 is 4.39 Å². The van der Waals surface area contributed by atoms with Crippen LogP contribution in [0, 0.1) is 28.4 Å². The highest BCUT2D eigenvalue weighted by Crippen LogP contribution is 2.52. The zero-order chi connectivity index (χ0) is 23.1. The van der Waals surface area contributed by atoms with Gasteiger partial charge in [0.05, 0.1) is 6.07 Å². The van der Waals surface area contributed by atoms with E-state index in [1.54, 1.807) is 0 Å². The van der Waals surface area contributed by atoms with Crippen molar-refractivity contribution in [1.82, 2.24) is 5.32 Å². The minimum Gasteiger partial charge on any atom is -0.480 e. The highest BCUT2D eigenvalue weighted by molar-refractivity contribution is 6.30. The fraction of sp³-hybridized carbons (Fsp3) is 0.391. The Labute approximate surface area is 189 Å². The SMILES string of the molecule is CC(C)(C)C[C@@H]1N[C@@H](C(=O)O)[C@H](c2cc(F)cc(Cl)c2)[C@@]1(C#N)c1ccc(Cl)cc1F. The van der Waals surface area contributed by atoms with Gasteiger partial charge in [0.15, 0.2) is 0 Å². The maximum Gasteiger partial charge on any atom is 0.321 e. The molecule has 0 saturated carbocycles. The van der Waals surface area contributed by atoms with E-state index < -0.39 is 41.0 Å². The predicted molar refractivity (Wildman–Crippen MR) is 115 cm³/mol. The van der Waals surface area contributed by atoms with Crippen LogP contribution in [0.4, 0.5) is 8.78 Å². The van der Waals surface area contributed by atoms with Crippen molar-refractivity contribution in [3.8, 4) is 6.07 Å². The Kier molecular flexibility index (Phi) is 6.35. The lowest BCUT2D eigenvalue weighted by Crippen LogP contribution is -2.44. The maximum atomic E-state index is 15.2. The van der Waals surface area contributed by atoms with Crippen molar-refractivity contribution in [2.24, 2.45) is 5.41 Å². The molecule has 1 fully saturated rings. The van der Waals surface area contributed by atoms with Crippen molar-refractivity contribution >= 4 is 29.2 Å². The van der Waals surface area contributed by atoms with Crippen LogP contribution in [0.25, 0.3) is 0 Å². The minimum absolute atomic E-state index is 0.00952. The van der Waals surface area contributed by atoms with Gasteiger partial charge < -0.3 is 5.11 Å². The smallest absolute Gasteiger partial charge is 0.321 e. The van der Waals surface area contributed by atoms with Gasteiger partial charge in [-0.1, -0.05) is 50.0 Å². The summed E-state index contributed by atoms with van der Waals surface area (Å²) in [5, 5.41) is 23.7. The summed E-state index contributed by atoms with van der Waals surface area (Å²) in [5.74, 6) is -3.73. The molecule has 2 aromatic rings. The Bertz CT molecular complexity index is 1040. The van der Waals surface area contributed by atoms with Crippen LogP contribution in [0.2, 0.25) is 10.0 Å². The van der Waals surface area contributed by atoms with E-state index in [0.29, 0.717) is 6.42 Å². The zero-order valence-electron chi connectivity index (χ0n) is 17.2. The monoisotopic (exact) mass is 466 g/mol. The number of hydrogen-bond acceptors (Lipinski definition) is 3. The van der Waals surface area contributed by atoms with E-state index in [9.17, 15) is 19.6 Å². The third kappa shape index (κ3) is 4.41. The molecule has 3 rings (SSSR count). The van der Waals surface area contributed by atoms with Crippen LogP contribution in [-0.4, -0.2) is 23.2 Å². The van der Waals surface area contributed by atoms with Gasteiger partial charge >= 0.3 is 5.97 Å². The van der Waals surface area contributed by atoms with Gasteiger partial charge in [-0.3, -0.25) is 10.1 Å². The number of carboxylic acids is 1. The Hall–Kier alpha value is -2.20. The minimum atomic E-state index is -1.65. The number of rotatable bonds is 4. The quantitative estimate of drug-likeness (QED) is 0.607. The molecule has 4 atom stereocenters. The first kappa shape index (κ1) is 23.5. The Morgan fingerprint density at radius 3 is 2.39 bits per heavy atom. The summed E-state index contributed by atoms with van der Waals surface area (Å²) in [7, 11) is 0. The predicted octanol–water partition coefficient (Wildman–Crippen LogP) is 5.68. The first-order valence-corrected chi connectivity index (χ1v) is 10.5.